The number of aryl methyl sites for hydroxylation is 2. The van der Waals surface area contributed by atoms with Crippen LogP contribution in [0.4, 0.5) is 4.79 Å². The number of carbonyl (C=O) groups is 2. The number of nitrogens with one attached hydrogen (secondary N) is 1. The van der Waals surface area contributed by atoms with E-state index < -0.39 is 17.2 Å². The number of hydrogen-bond donors (Lipinski definition) is 1. The number of amides is 3. The number of nitrogens with zero attached hydrogens (tertiary/aromatic N) is 1. The minimum absolute atomic E-state index is 0.00229. The molecular weight excluding hydrogens is 356 g/mol. The van der Waals surface area contributed by atoms with Crippen molar-refractivity contribution in [2.75, 3.05) is 0 Å². The van der Waals surface area contributed by atoms with Crippen molar-refractivity contribution >= 4 is 22.9 Å². The first-order valence-corrected chi connectivity index (χ1v) is 9.03. The molecule has 1 atom stereocenters. The van der Waals surface area contributed by atoms with Crippen molar-refractivity contribution in [2.45, 2.75) is 32.9 Å². The van der Waals surface area contributed by atoms with E-state index in [0.717, 1.165) is 21.4 Å². The predicted molar refractivity (Wildman–Crippen MR) is 105 cm³/mol. The van der Waals surface area contributed by atoms with Gasteiger partial charge in [-0.05, 0) is 55.2 Å². The molecule has 1 aliphatic rings. The van der Waals surface area contributed by atoms with Gasteiger partial charge in [0.1, 0.15) is 11.1 Å². The lowest BCUT2D eigenvalue weighted by atomic mass is 9.92. The van der Waals surface area contributed by atoms with Gasteiger partial charge in [0.25, 0.3) is 5.91 Å². The van der Waals surface area contributed by atoms with Crippen LogP contribution in [0.2, 0.25) is 0 Å². The molecule has 1 aromatic heterocycles. The SMILES string of the molecule is Cc1cc2oc(=O)cc(CN3C(=O)NC(C)(c4ccccc4)C3=O)c2cc1C. The van der Waals surface area contributed by atoms with Crippen molar-refractivity contribution in [3.63, 3.8) is 0 Å². The molecule has 3 amide bonds. The van der Waals surface area contributed by atoms with Crippen molar-refractivity contribution in [3.8, 4) is 0 Å². The maximum atomic E-state index is 13.1. The van der Waals surface area contributed by atoms with Gasteiger partial charge in [-0.2, -0.15) is 0 Å². The number of carbonyl (C=O) groups excluding carboxylic acids is 2. The predicted octanol–water partition coefficient (Wildman–Crippen LogP) is 3.38. The van der Waals surface area contributed by atoms with E-state index in [1.165, 1.54) is 6.07 Å². The minimum Gasteiger partial charge on any atom is -0.423 e. The van der Waals surface area contributed by atoms with Crippen LogP contribution >= 0.6 is 0 Å². The number of rotatable bonds is 3. The van der Waals surface area contributed by atoms with Crippen LogP contribution in [0.25, 0.3) is 11.0 Å². The molecule has 2 aromatic carbocycles. The maximum absolute atomic E-state index is 13.1. The summed E-state index contributed by atoms with van der Waals surface area (Å²) in [6.07, 6.45) is 0. The minimum atomic E-state index is -1.14. The summed E-state index contributed by atoms with van der Waals surface area (Å²) < 4.78 is 5.31. The van der Waals surface area contributed by atoms with Crippen LogP contribution in [-0.2, 0) is 16.9 Å². The van der Waals surface area contributed by atoms with Crippen LogP contribution in [0.5, 0.6) is 0 Å². The Morgan fingerprint density at radius 1 is 1.00 bits per heavy atom. The maximum Gasteiger partial charge on any atom is 0.336 e. The number of imide groups is 1. The van der Waals surface area contributed by atoms with E-state index in [-0.39, 0.29) is 12.5 Å². The molecule has 0 bridgehead atoms. The van der Waals surface area contributed by atoms with E-state index in [1.807, 2.05) is 38.1 Å². The van der Waals surface area contributed by atoms with E-state index in [4.69, 9.17) is 4.42 Å². The lowest BCUT2D eigenvalue weighted by Crippen LogP contribution is -2.40. The van der Waals surface area contributed by atoms with Crippen molar-refractivity contribution in [1.82, 2.24) is 10.2 Å². The van der Waals surface area contributed by atoms with Gasteiger partial charge in [0.05, 0.1) is 6.54 Å². The Labute approximate surface area is 161 Å². The summed E-state index contributed by atoms with van der Waals surface area (Å²) in [7, 11) is 0. The lowest BCUT2D eigenvalue weighted by molar-refractivity contribution is -0.131. The van der Waals surface area contributed by atoms with Crippen LogP contribution in [0, 0.1) is 13.8 Å². The Morgan fingerprint density at radius 3 is 2.39 bits per heavy atom. The highest BCUT2D eigenvalue weighted by Gasteiger charge is 2.48. The lowest BCUT2D eigenvalue weighted by Gasteiger charge is -2.22. The van der Waals surface area contributed by atoms with Crippen molar-refractivity contribution in [3.05, 3.63) is 81.2 Å². The Bertz CT molecular complexity index is 1170. The van der Waals surface area contributed by atoms with Gasteiger partial charge in [0.15, 0.2) is 0 Å². The van der Waals surface area contributed by atoms with Gasteiger partial charge in [0.2, 0.25) is 0 Å². The van der Waals surface area contributed by atoms with Gasteiger partial charge in [-0.1, -0.05) is 30.3 Å². The molecule has 28 heavy (non-hydrogen) atoms. The summed E-state index contributed by atoms with van der Waals surface area (Å²) >= 11 is 0. The van der Waals surface area contributed by atoms with Gasteiger partial charge >= 0.3 is 11.7 Å². The summed E-state index contributed by atoms with van der Waals surface area (Å²) in [6, 6.07) is 13.7. The Balaban J connectivity index is 1.76. The topological polar surface area (TPSA) is 79.6 Å². The quantitative estimate of drug-likeness (QED) is 0.561. The van der Waals surface area contributed by atoms with Gasteiger partial charge < -0.3 is 9.73 Å². The molecule has 1 N–H and O–H groups in total. The summed E-state index contributed by atoms with van der Waals surface area (Å²) in [5.74, 6) is -0.353. The largest absolute Gasteiger partial charge is 0.423 e. The first-order valence-electron chi connectivity index (χ1n) is 9.03. The summed E-state index contributed by atoms with van der Waals surface area (Å²) in [5.41, 5.74) is 2.12. The highest BCUT2D eigenvalue weighted by Crippen LogP contribution is 2.31. The average Bonchev–Trinajstić information content (AvgIpc) is 2.88. The Kier molecular flexibility index (Phi) is 4.07. The average molecular weight is 376 g/mol. The first-order chi connectivity index (χ1) is 13.3. The fourth-order valence-corrected chi connectivity index (χ4v) is 3.59. The van der Waals surface area contributed by atoms with Crippen LogP contribution in [0.15, 0.2) is 57.7 Å². The zero-order valence-electron chi connectivity index (χ0n) is 15.9. The molecule has 3 aromatic rings. The monoisotopic (exact) mass is 376 g/mol. The zero-order valence-corrected chi connectivity index (χ0v) is 15.9. The number of benzene rings is 2. The molecule has 1 unspecified atom stereocenters. The van der Waals surface area contributed by atoms with E-state index in [9.17, 15) is 14.4 Å². The van der Waals surface area contributed by atoms with Crippen LogP contribution in [0.3, 0.4) is 0 Å². The molecule has 6 nitrogen and oxygen atoms in total. The third-order valence-corrected chi connectivity index (χ3v) is 5.40. The highest BCUT2D eigenvalue weighted by atomic mass is 16.4. The molecular formula is C22H20N2O4. The second kappa shape index (κ2) is 6.34. The van der Waals surface area contributed by atoms with Gasteiger partial charge in [-0.15, -0.1) is 0 Å². The van der Waals surface area contributed by atoms with Crippen molar-refractivity contribution in [2.24, 2.45) is 0 Å². The highest BCUT2D eigenvalue weighted by molar-refractivity contribution is 6.07. The first kappa shape index (κ1) is 18.0. The second-order valence-corrected chi connectivity index (χ2v) is 7.34. The van der Waals surface area contributed by atoms with Crippen LogP contribution in [0.1, 0.15) is 29.2 Å². The molecule has 1 aliphatic heterocycles. The molecule has 0 radical (unpaired) electrons. The zero-order chi connectivity index (χ0) is 20.1. The number of urea groups is 1. The Hall–Kier alpha value is -3.41. The van der Waals surface area contributed by atoms with E-state index in [2.05, 4.69) is 5.32 Å². The molecule has 1 fully saturated rings. The second-order valence-electron chi connectivity index (χ2n) is 7.34. The van der Waals surface area contributed by atoms with E-state index in [1.54, 1.807) is 25.1 Å². The van der Waals surface area contributed by atoms with Gasteiger partial charge in [0, 0.05) is 11.5 Å². The van der Waals surface area contributed by atoms with Crippen LogP contribution < -0.4 is 10.9 Å². The number of hydrogen-bond acceptors (Lipinski definition) is 4. The molecule has 0 aliphatic carbocycles. The Morgan fingerprint density at radius 2 is 1.68 bits per heavy atom. The molecule has 4 rings (SSSR count). The number of fused-ring (bicyclic) bond motifs is 1. The standard InChI is InChI=1S/C22H20N2O4/c1-13-9-17-15(11-19(25)28-18(17)10-14(13)2)12-24-20(26)22(3,23-21(24)27)16-7-5-4-6-8-16/h4-11H,12H2,1-3H3,(H,23,27). The van der Waals surface area contributed by atoms with E-state index in [0.29, 0.717) is 16.7 Å². The molecule has 142 valence electrons. The van der Waals surface area contributed by atoms with Crippen molar-refractivity contribution < 1.29 is 14.0 Å². The third-order valence-electron chi connectivity index (χ3n) is 5.40. The van der Waals surface area contributed by atoms with Crippen molar-refractivity contribution in [1.29, 1.82) is 0 Å². The molecule has 0 saturated carbocycles. The fraction of sp³-hybridized carbons (Fsp3) is 0.227. The van der Waals surface area contributed by atoms with E-state index >= 15 is 0 Å². The molecule has 2 heterocycles. The van der Waals surface area contributed by atoms with Crippen LogP contribution in [-0.4, -0.2) is 16.8 Å². The summed E-state index contributed by atoms with van der Waals surface area (Å²) in [4.78, 5) is 38.9. The third kappa shape index (κ3) is 2.78. The smallest absolute Gasteiger partial charge is 0.336 e. The summed E-state index contributed by atoms with van der Waals surface area (Å²) in [5, 5.41) is 3.50. The molecule has 0 spiro atoms. The molecule has 1 saturated heterocycles. The van der Waals surface area contributed by atoms with Gasteiger partial charge in [-0.3, -0.25) is 9.69 Å². The molecule has 6 heteroatoms. The summed E-state index contributed by atoms with van der Waals surface area (Å²) in [6.45, 7) is 5.58. The fourth-order valence-electron chi connectivity index (χ4n) is 3.59. The normalized spacial score (nSPS) is 19.3. The van der Waals surface area contributed by atoms with Gasteiger partial charge in [-0.25, -0.2) is 9.59 Å².